The molecule has 0 aromatic carbocycles. The maximum Gasteiger partial charge on any atom is 0.137 e. The molecule has 0 aliphatic heterocycles. The van der Waals surface area contributed by atoms with Crippen molar-refractivity contribution in [3.05, 3.63) is 24.5 Å². The van der Waals surface area contributed by atoms with E-state index < -0.39 is 0 Å². The van der Waals surface area contributed by atoms with Crippen LogP contribution in [0.25, 0.3) is 0 Å². The van der Waals surface area contributed by atoms with E-state index in [-0.39, 0.29) is 12.4 Å². The number of aromatic nitrogens is 1. The van der Waals surface area contributed by atoms with Crippen LogP contribution in [0.5, 0.6) is 5.75 Å². The molecular formula is C9H12ClNO. The first kappa shape index (κ1) is 9.33. The smallest absolute Gasteiger partial charge is 0.137 e. The Morgan fingerprint density at radius 2 is 2.25 bits per heavy atom. The minimum Gasteiger partial charge on any atom is -0.489 e. The van der Waals surface area contributed by atoms with Crippen molar-refractivity contribution in [3.63, 3.8) is 0 Å². The molecule has 1 aromatic heterocycles. The first-order valence-electron chi connectivity index (χ1n) is 4.02. The van der Waals surface area contributed by atoms with Gasteiger partial charge in [0.15, 0.2) is 0 Å². The summed E-state index contributed by atoms with van der Waals surface area (Å²) in [6.45, 7) is 0. The van der Waals surface area contributed by atoms with Crippen LogP contribution in [0.1, 0.15) is 19.3 Å². The van der Waals surface area contributed by atoms with E-state index in [4.69, 9.17) is 4.74 Å². The summed E-state index contributed by atoms with van der Waals surface area (Å²) in [5.74, 6) is 0.900. The zero-order chi connectivity index (χ0) is 7.52. The summed E-state index contributed by atoms with van der Waals surface area (Å²) in [5.41, 5.74) is 0. The number of pyridine rings is 1. The molecule has 1 aliphatic carbocycles. The van der Waals surface area contributed by atoms with Crippen LogP contribution in [0, 0.1) is 0 Å². The monoisotopic (exact) mass is 185 g/mol. The van der Waals surface area contributed by atoms with E-state index in [9.17, 15) is 0 Å². The predicted molar refractivity (Wildman–Crippen MR) is 49.8 cm³/mol. The van der Waals surface area contributed by atoms with Gasteiger partial charge in [-0.2, -0.15) is 0 Å². The largest absolute Gasteiger partial charge is 0.489 e. The Morgan fingerprint density at radius 3 is 2.75 bits per heavy atom. The normalized spacial score (nSPS) is 16.0. The summed E-state index contributed by atoms with van der Waals surface area (Å²) in [4.78, 5) is 3.97. The molecule has 2 nitrogen and oxygen atoms in total. The van der Waals surface area contributed by atoms with E-state index in [2.05, 4.69) is 4.98 Å². The highest BCUT2D eigenvalue weighted by atomic mass is 35.5. The van der Waals surface area contributed by atoms with Crippen LogP contribution in [0.15, 0.2) is 24.5 Å². The molecule has 0 radical (unpaired) electrons. The van der Waals surface area contributed by atoms with E-state index >= 15 is 0 Å². The van der Waals surface area contributed by atoms with Crippen molar-refractivity contribution >= 4 is 12.4 Å². The molecule has 0 unspecified atom stereocenters. The number of hydrogen-bond donors (Lipinski definition) is 0. The number of hydrogen-bond acceptors (Lipinski definition) is 2. The Morgan fingerprint density at radius 1 is 1.42 bits per heavy atom. The fourth-order valence-electron chi connectivity index (χ4n) is 1.10. The van der Waals surface area contributed by atoms with E-state index in [0.29, 0.717) is 6.10 Å². The van der Waals surface area contributed by atoms with E-state index in [1.165, 1.54) is 19.3 Å². The number of ether oxygens (including phenoxy) is 1. The van der Waals surface area contributed by atoms with Gasteiger partial charge in [0.05, 0.1) is 12.3 Å². The Bertz CT molecular complexity index is 223. The van der Waals surface area contributed by atoms with Crippen LogP contribution < -0.4 is 4.74 Å². The van der Waals surface area contributed by atoms with Gasteiger partial charge in [0.2, 0.25) is 0 Å². The van der Waals surface area contributed by atoms with Crippen molar-refractivity contribution in [3.8, 4) is 5.75 Å². The Balaban J connectivity index is 0.000000720. The average molecular weight is 186 g/mol. The molecule has 0 bridgehead atoms. The molecule has 12 heavy (non-hydrogen) atoms. The molecule has 2 rings (SSSR count). The first-order chi connectivity index (χ1) is 5.45. The minimum absolute atomic E-state index is 0. The molecule has 66 valence electrons. The van der Waals surface area contributed by atoms with Crippen LogP contribution in [-0.4, -0.2) is 11.1 Å². The molecule has 0 N–H and O–H groups in total. The third kappa shape index (κ3) is 2.11. The molecule has 0 atom stereocenters. The van der Waals surface area contributed by atoms with Gasteiger partial charge in [-0.05, 0) is 31.4 Å². The van der Waals surface area contributed by atoms with E-state index in [1.807, 2.05) is 12.1 Å². The van der Waals surface area contributed by atoms with Crippen LogP contribution in [0.4, 0.5) is 0 Å². The first-order valence-corrected chi connectivity index (χ1v) is 4.02. The van der Waals surface area contributed by atoms with Crippen LogP contribution >= 0.6 is 12.4 Å². The van der Waals surface area contributed by atoms with Crippen molar-refractivity contribution in [1.29, 1.82) is 0 Å². The molecule has 3 heteroatoms. The molecule has 0 spiro atoms. The molecular weight excluding hydrogens is 174 g/mol. The maximum absolute atomic E-state index is 5.59. The van der Waals surface area contributed by atoms with Crippen molar-refractivity contribution < 1.29 is 4.74 Å². The molecule has 0 amide bonds. The van der Waals surface area contributed by atoms with Crippen molar-refractivity contribution in [2.24, 2.45) is 0 Å². The molecule has 0 saturated heterocycles. The van der Waals surface area contributed by atoms with Gasteiger partial charge in [0.25, 0.3) is 0 Å². The van der Waals surface area contributed by atoms with Crippen molar-refractivity contribution in [1.82, 2.24) is 4.98 Å². The summed E-state index contributed by atoms with van der Waals surface area (Å²) in [6, 6.07) is 3.85. The van der Waals surface area contributed by atoms with E-state index in [1.54, 1.807) is 12.4 Å². The summed E-state index contributed by atoms with van der Waals surface area (Å²) >= 11 is 0. The summed E-state index contributed by atoms with van der Waals surface area (Å²) < 4.78 is 5.59. The summed E-state index contributed by atoms with van der Waals surface area (Å²) in [7, 11) is 0. The lowest BCUT2D eigenvalue weighted by Crippen LogP contribution is -2.24. The lowest BCUT2D eigenvalue weighted by atomic mass is 9.96. The molecule has 1 fully saturated rings. The van der Waals surface area contributed by atoms with Crippen molar-refractivity contribution in [2.75, 3.05) is 0 Å². The summed E-state index contributed by atoms with van der Waals surface area (Å²) in [5, 5.41) is 0. The second kappa shape index (κ2) is 4.31. The van der Waals surface area contributed by atoms with Gasteiger partial charge in [-0.1, -0.05) is 0 Å². The van der Waals surface area contributed by atoms with Gasteiger partial charge in [-0.3, -0.25) is 4.98 Å². The van der Waals surface area contributed by atoms with Gasteiger partial charge in [0.1, 0.15) is 5.75 Å². The third-order valence-electron chi connectivity index (χ3n) is 1.99. The van der Waals surface area contributed by atoms with Crippen LogP contribution in [0.3, 0.4) is 0 Å². The zero-order valence-electron chi connectivity index (χ0n) is 6.77. The number of halogens is 1. The second-order valence-corrected chi connectivity index (χ2v) is 2.86. The highest BCUT2D eigenvalue weighted by Crippen LogP contribution is 2.23. The standard InChI is InChI=1S/C9H11NO.ClH/c1-3-8(4-1)11-9-5-2-6-10-7-9;/h2,5-8H,1,3-4H2;1H. The molecule has 1 aliphatic rings. The van der Waals surface area contributed by atoms with Gasteiger partial charge >= 0.3 is 0 Å². The predicted octanol–water partition coefficient (Wildman–Crippen LogP) is 2.43. The quantitative estimate of drug-likeness (QED) is 0.706. The molecule has 1 heterocycles. The second-order valence-electron chi connectivity index (χ2n) is 2.86. The van der Waals surface area contributed by atoms with Gasteiger partial charge in [0, 0.05) is 6.20 Å². The van der Waals surface area contributed by atoms with Gasteiger partial charge in [-0.25, -0.2) is 0 Å². The number of nitrogens with zero attached hydrogens (tertiary/aromatic N) is 1. The zero-order valence-corrected chi connectivity index (χ0v) is 7.59. The summed E-state index contributed by atoms with van der Waals surface area (Å²) in [6.07, 6.45) is 7.69. The Kier molecular flexibility index (Phi) is 3.35. The highest BCUT2D eigenvalue weighted by Gasteiger charge is 2.18. The average Bonchev–Trinajstić information content (AvgIpc) is 1.99. The number of rotatable bonds is 2. The van der Waals surface area contributed by atoms with Crippen LogP contribution in [-0.2, 0) is 0 Å². The van der Waals surface area contributed by atoms with Gasteiger partial charge < -0.3 is 4.74 Å². The minimum atomic E-state index is 0. The molecule has 1 saturated carbocycles. The Labute approximate surface area is 78.4 Å². The molecule has 1 aromatic rings. The fourth-order valence-corrected chi connectivity index (χ4v) is 1.10. The SMILES string of the molecule is Cl.c1cncc(OC2CCC2)c1. The fraction of sp³-hybridized carbons (Fsp3) is 0.444. The van der Waals surface area contributed by atoms with Crippen molar-refractivity contribution in [2.45, 2.75) is 25.4 Å². The topological polar surface area (TPSA) is 22.1 Å². The third-order valence-corrected chi connectivity index (χ3v) is 1.99. The Hall–Kier alpha value is -0.760. The maximum atomic E-state index is 5.59. The highest BCUT2D eigenvalue weighted by molar-refractivity contribution is 5.85. The lowest BCUT2D eigenvalue weighted by Gasteiger charge is -2.25. The lowest BCUT2D eigenvalue weighted by molar-refractivity contribution is 0.120. The van der Waals surface area contributed by atoms with E-state index in [0.717, 1.165) is 5.75 Å². The van der Waals surface area contributed by atoms with Crippen LogP contribution in [0.2, 0.25) is 0 Å². The van der Waals surface area contributed by atoms with Gasteiger partial charge in [-0.15, -0.1) is 12.4 Å².